The number of fused-ring (bicyclic) bond motifs is 1. The van der Waals surface area contributed by atoms with Gasteiger partial charge in [0.05, 0.1) is 28.6 Å². The highest BCUT2D eigenvalue weighted by atomic mass is 32.2. The van der Waals surface area contributed by atoms with E-state index in [0.29, 0.717) is 31.2 Å². The molecule has 9 nitrogen and oxygen atoms in total. The third-order valence-corrected chi connectivity index (χ3v) is 8.53. The predicted molar refractivity (Wildman–Crippen MR) is 142 cm³/mol. The van der Waals surface area contributed by atoms with Gasteiger partial charge in [-0.15, -0.1) is 0 Å². The van der Waals surface area contributed by atoms with Gasteiger partial charge in [-0.1, -0.05) is 43.3 Å². The van der Waals surface area contributed by atoms with Gasteiger partial charge in [0.15, 0.2) is 0 Å². The largest absolute Gasteiger partial charge is 0.490 e. The van der Waals surface area contributed by atoms with Gasteiger partial charge in [-0.3, -0.25) is 9.48 Å². The van der Waals surface area contributed by atoms with Crippen LogP contribution in [0.25, 0.3) is 10.9 Å². The minimum absolute atomic E-state index is 0.0158. The highest BCUT2D eigenvalue weighted by molar-refractivity contribution is 7.89. The molecule has 1 aliphatic rings. The normalized spacial score (nSPS) is 18.0. The van der Waals surface area contributed by atoms with Crippen LogP contribution >= 0.6 is 0 Å². The van der Waals surface area contributed by atoms with E-state index < -0.39 is 16.0 Å². The second-order valence-electron chi connectivity index (χ2n) is 9.33. The molecule has 0 aliphatic carbocycles. The summed E-state index contributed by atoms with van der Waals surface area (Å²) >= 11 is 0. The lowest BCUT2D eigenvalue weighted by molar-refractivity contribution is -0.136. The Hall–Kier alpha value is -3.89. The minimum Gasteiger partial charge on any atom is -0.490 e. The van der Waals surface area contributed by atoms with Crippen molar-refractivity contribution in [2.24, 2.45) is 5.92 Å². The Balaban J connectivity index is 1.26. The highest BCUT2D eigenvalue weighted by Gasteiger charge is 2.39. The van der Waals surface area contributed by atoms with E-state index in [1.807, 2.05) is 61.5 Å². The molecule has 0 amide bonds. The van der Waals surface area contributed by atoms with Gasteiger partial charge >= 0.3 is 5.97 Å². The number of ether oxygens (including phenoxy) is 2. The summed E-state index contributed by atoms with van der Waals surface area (Å²) < 4.78 is 41.5. The Bertz CT molecular complexity index is 1520. The Morgan fingerprint density at radius 1 is 0.921 bits per heavy atom. The van der Waals surface area contributed by atoms with Crippen LogP contribution in [0.2, 0.25) is 0 Å². The van der Waals surface area contributed by atoms with Crippen molar-refractivity contribution >= 4 is 26.9 Å². The number of benzene rings is 3. The molecular weight excluding hydrogens is 506 g/mol. The first-order valence-electron chi connectivity index (χ1n) is 12.4. The maximum Gasteiger partial charge on any atom is 0.309 e. The van der Waals surface area contributed by atoms with Gasteiger partial charge in [-0.25, -0.2) is 8.42 Å². The van der Waals surface area contributed by atoms with Crippen molar-refractivity contribution in [3.63, 3.8) is 0 Å². The summed E-state index contributed by atoms with van der Waals surface area (Å²) in [6.07, 6.45) is -0.191. The smallest absolute Gasteiger partial charge is 0.309 e. The average Bonchev–Trinajstić information content (AvgIpc) is 3.48. The Labute approximate surface area is 221 Å². The lowest BCUT2D eigenvalue weighted by Crippen LogP contribution is -2.29. The van der Waals surface area contributed by atoms with E-state index in [-0.39, 0.29) is 29.8 Å². The third-order valence-electron chi connectivity index (χ3n) is 6.69. The monoisotopic (exact) mass is 535 g/mol. The fourth-order valence-electron chi connectivity index (χ4n) is 4.80. The molecule has 0 saturated carbocycles. The standard InChI is InChI=1S/C28H29N3O6S/c1-20-18-30(19-27(20)31-26-10-6-5-9-24(26)25(29-31)17-28(32)33)38(34,35)23-13-11-22(12-14-23)37-16-15-36-21-7-3-2-4-8-21/h2-14,20,27H,15-19H2,1H3,(H,32,33)/t20-,27+/m1/s1. The molecule has 0 unspecified atom stereocenters. The number of aliphatic carboxylic acids is 1. The van der Waals surface area contributed by atoms with Crippen LogP contribution in [-0.4, -0.2) is 59.9 Å². The first-order chi connectivity index (χ1) is 18.3. The zero-order valence-electron chi connectivity index (χ0n) is 20.9. The van der Waals surface area contributed by atoms with Crippen LogP contribution in [0.3, 0.4) is 0 Å². The lowest BCUT2D eigenvalue weighted by Gasteiger charge is -2.18. The Kier molecular flexibility index (Phi) is 7.35. The van der Waals surface area contributed by atoms with E-state index in [0.717, 1.165) is 16.7 Å². The molecule has 1 N–H and O–H groups in total. The number of rotatable bonds is 10. The maximum atomic E-state index is 13.5. The van der Waals surface area contributed by atoms with Crippen LogP contribution < -0.4 is 9.47 Å². The van der Waals surface area contributed by atoms with Gasteiger partial charge in [0.25, 0.3) is 0 Å². The van der Waals surface area contributed by atoms with E-state index in [1.54, 1.807) is 28.9 Å². The van der Waals surface area contributed by atoms with Crippen molar-refractivity contribution < 1.29 is 27.8 Å². The number of carboxylic acids is 1. The van der Waals surface area contributed by atoms with E-state index in [1.165, 1.54) is 4.31 Å². The number of sulfonamides is 1. The van der Waals surface area contributed by atoms with Crippen molar-refractivity contribution in [2.45, 2.75) is 24.3 Å². The Morgan fingerprint density at radius 2 is 1.55 bits per heavy atom. The second kappa shape index (κ2) is 10.8. The molecule has 0 bridgehead atoms. The summed E-state index contributed by atoms with van der Waals surface area (Å²) in [6.45, 7) is 3.27. The molecule has 3 aromatic carbocycles. The summed E-state index contributed by atoms with van der Waals surface area (Å²) in [5, 5.41) is 14.7. The van der Waals surface area contributed by atoms with Gasteiger partial charge < -0.3 is 14.6 Å². The lowest BCUT2D eigenvalue weighted by atomic mass is 10.1. The molecule has 2 heterocycles. The van der Waals surface area contributed by atoms with Gasteiger partial charge in [-0.05, 0) is 48.4 Å². The molecule has 1 aromatic heterocycles. The van der Waals surface area contributed by atoms with Crippen LogP contribution in [-0.2, 0) is 21.2 Å². The Morgan fingerprint density at radius 3 is 2.24 bits per heavy atom. The van der Waals surface area contributed by atoms with E-state index >= 15 is 0 Å². The first kappa shape index (κ1) is 25.7. The first-order valence-corrected chi connectivity index (χ1v) is 13.9. The van der Waals surface area contributed by atoms with Gasteiger partial charge in [-0.2, -0.15) is 9.40 Å². The quantitative estimate of drug-likeness (QED) is 0.306. The van der Waals surface area contributed by atoms with E-state index in [4.69, 9.17) is 9.47 Å². The number of hydrogen-bond acceptors (Lipinski definition) is 6. The molecule has 0 radical (unpaired) electrons. The second-order valence-corrected chi connectivity index (χ2v) is 11.3. The molecule has 1 saturated heterocycles. The zero-order valence-corrected chi connectivity index (χ0v) is 21.8. The van der Waals surface area contributed by atoms with Crippen LogP contribution in [0.4, 0.5) is 0 Å². The SMILES string of the molecule is C[C@@H]1CN(S(=O)(=O)c2ccc(OCCOc3ccccc3)cc2)C[C@@H]1n1nc(CC(=O)O)c2ccccc21. The fourth-order valence-corrected chi connectivity index (χ4v) is 6.35. The molecule has 1 fully saturated rings. The molecule has 0 spiro atoms. The number of carboxylic acid groups (broad SMARTS) is 1. The van der Waals surface area contributed by atoms with E-state index in [2.05, 4.69) is 5.10 Å². The van der Waals surface area contributed by atoms with Crippen molar-refractivity contribution in [3.8, 4) is 11.5 Å². The number of nitrogens with zero attached hydrogens (tertiary/aromatic N) is 3. The summed E-state index contributed by atoms with van der Waals surface area (Å²) in [5.41, 5.74) is 1.28. The fraction of sp³-hybridized carbons (Fsp3) is 0.286. The molecule has 38 heavy (non-hydrogen) atoms. The van der Waals surface area contributed by atoms with Crippen LogP contribution in [0.15, 0.2) is 83.8 Å². The topological polar surface area (TPSA) is 111 Å². The summed E-state index contributed by atoms with van der Waals surface area (Å²) in [5.74, 6) is 0.345. The van der Waals surface area contributed by atoms with Gasteiger partial charge in [0.2, 0.25) is 10.0 Å². The summed E-state index contributed by atoms with van der Waals surface area (Å²) in [4.78, 5) is 11.5. The molecule has 10 heteroatoms. The van der Waals surface area contributed by atoms with Crippen molar-refractivity contribution in [1.29, 1.82) is 0 Å². The predicted octanol–water partition coefficient (Wildman–Crippen LogP) is 4.00. The molecule has 4 aromatic rings. The molecule has 1 aliphatic heterocycles. The molecular formula is C28H29N3O6S. The maximum absolute atomic E-state index is 13.5. The van der Waals surface area contributed by atoms with Crippen molar-refractivity contribution in [3.05, 3.63) is 84.6 Å². The van der Waals surface area contributed by atoms with Gasteiger partial charge in [0, 0.05) is 18.5 Å². The molecule has 5 rings (SSSR count). The minimum atomic E-state index is -3.74. The number of para-hydroxylation sites is 2. The van der Waals surface area contributed by atoms with Gasteiger partial charge in [0.1, 0.15) is 24.7 Å². The number of hydrogen-bond donors (Lipinski definition) is 1. The summed E-state index contributed by atoms with van der Waals surface area (Å²) in [7, 11) is -3.74. The highest BCUT2D eigenvalue weighted by Crippen LogP contribution is 2.34. The third kappa shape index (κ3) is 5.36. The van der Waals surface area contributed by atoms with Crippen LogP contribution in [0.5, 0.6) is 11.5 Å². The van der Waals surface area contributed by atoms with Crippen molar-refractivity contribution in [1.82, 2.24) is 14.1 Å². The molecule has 2 atom stereocenters. The number of carbonyl (C=O) groups is 1. The number of aromatic nitrogens is 2. The van der Waals surface area contributed by atoms with Crippen LogP contribution in [0.1, 0.15) is 18.7 Å². The van der Waals surface area contributed by atoms with E-state index in [9.17, 15) is 18.3 Å². The average molecular weight is 536 g/mol. The van der Waals surface area contributed by atoms with Crippen LogP contribution in [0, 0.1) is 5.92 Å². The zero-order chi connectivity index (χ0) is 26.7. The van der Waals surface area contributed by atoms with Crippen molar-refractivity contribution in [2.75, 3.05) is 26.3 Å². The summed E-state index contributed by atoms with van der Waals surface area (Å²) in [6, 6.07) is 23.1. The molecule has 198 valence electrons.